The van der Waals surface area contributed by atoms with Crippen LogP contribution < -0.4 is 0 Å². The fraction of sp³-hybridized carbons (Fsp3) is 0.545. The minimum absolute atomic E-state index is 0.00919. The van der Waals surface area contributed by atoms with Crippen molar-refractivity contribution in [1.82, 2.24) is 19.6 Å². The molecule has 0 radical (unpaired) electrons. The molecular weight excluding hydrogens is 336 g/mol. The van der Waals surface area contributed by atoms with Gasteiger partial charge in [-0.15, -0.1) is 0 Å². The van der Waals surface area contributed by atoms with Gasteiger partial charge in [-0.2, -0.15) is 5.10 Å². The molecule has 1 atom stereocenters. The molecule has 0 saturated carbocycles. The molecule has 27 heavy (non-hydrogen) atoms. The van der Waals surface area contributed by atoms with E-state index in [0.717, 1.165) is 37.9 Å². The van der Waals surface area contributed by atoms with Crippen molar-refractivity contribution < 1.29 is 4.79 Å². The lowest BCUT2D eigenvalue weighted by Gasteiger charge is -2.31. The third kappa shape index (κ3) is 4.41. The summed E-state index contributed by atoms with van der Waals surface area (Å²) in [6.07, 6.45) is 5.46. The lowest BCUT2D eigenvalue weighted by molar-refractivity contribution is 0.0819. The summed E-state index contributed by atoms with van der Waals surface area (Å²) in [5, 5.41) is 4.77. The zero-order valence-electron chi connectivity index (χ0n) is 17.1. The SMILES string of the molecule is CCCCN(C)[C@H]1CCc2c(c(C(=O)N(C)C)nn2Cc2ccccc2)C1. The predicted molar refractivity (Wildman–Crippen MR) is 109 cm³/mol. The Kier molecular flexibility index (Phi) is 6.32. The molecular formula is C22H32N4O. The fourth-order valence-corrected chi connectivity index (χ4v) is 3.91. The van der Waals surface area contributed by atoms with Crippen molar-refractivity contribution in [1.29, 1.82) is 0 Å². The number of unbranched alkanes of at least 4 members (excludes halogenated alkanes) is 1. The molecule has 3 rings (SSSR count). The normalized spacial score (nSPS) is 16.4. The summed E-state index contributed by atoms with van der Waals surface area (Å²) >= 11 is 0. The number of hydrogen-bond donors (Lipinski definition) is 0. The number of carbonyl (C=O) groups is 1. The number of rotatable bonds is 7. The second kappa shape index (κ2) is 8.70. The van der Waals surface area contributed by atoms with Crippen molar-refractivity contribution in [3.05, 3.63) is 52.8 Å². The van der Waals surface area contributed by atoms with Gasteiger partial charge in [-0.3, -0.25) is 9.48 Å². The van der Waals surface area contributed by atoms with Crippen molar-refractivity contribution in [3.63, 3.8) is 0 Å². The third-order valence-corrected chi connectivity index (χ3v) is 5.59. The van der Waals surface area contributed by atoms with Crippen LogP contribution in [0.5, 0.6) is 0 Å². The molecule has 2 aromatic rings. The van der Waals surface area contributed by atoms with Crippen LogP contribution in [0.3, 0.4) is 0 Å². The topological polar surface area (TPSA) is 41.4 Å². The van der Waals surface area contributed by atoms with Gasteiger partial charge in [0, 0.05) is 31.4 Å². The average molecular weight is 369 g/mol. The van der Waals surface area contributed by atoms with Crippen LogP contribution in [0, 0.1) is 0 Å². The van der Waals surface area contributed by atoms with Gasteiger partial charge in [0.15, 0.2) is 5.69 Å². The Hall–Kier alpha value is -2.14. The van der Waals surface area contributed by atoms with Gasteiger partial charge >= 0.3 is 0 Å². The first-order chi connectivity index (χ1) is 13.0. The molecule has 1 heterocycles. The maximum atomic E-state index is 12.8. The molecule has 0 bridgehead atoms. The second-order valence-electron chi connectivity index (χ2n) is 7.85. The Balaban J connectivity index is 1.90. The summed E-state index contributed by atoms with van der Waals surface area (Å²) < 4.78 is 2.06. The van der Waals surface area contributed by atoms with E-state index in [4.69, 9.17) is 5.10 Å². The Bertz CT molecular complexity index is 766. The average Bonchev–Trinajstić information content (AvgIpc) is 3.03. The second-order valence-corrected chi connectivity index (χ2v) is 7.85. The summed E-state index contributed by atoms with van der Waals surface area (Å²) in [7, 11) is 5.82. The number of fused-ring (bicyclic) bond motifs is 1. The van der Waals surface area contributed by atoms with Gasteiger partial charge in [-0.05, 0) is 44.8 Å². The van der Waals surface area contributed by atoms with E-state index in [1.165, 1.54) is 24.1 Å². The summed E-state index contributed by atoms with van der Waals surface area (Å²) in [5.74, 6) is 0.00919. The number of carbonyl (C=O) groups excluding carboxylic acids is 1. The Morgan fingerprint density at radius 2 is 1.96 bits per heavy atom. The molecule has 1 aliphatic carbocycles. The lowest BCUT2D eigenvalue weighted by Crippen LogP contribution is -2.38. The van der Waals surface area contributed by atoms with E-state index in [1.807, 2.05) is 6.07 Å². The predicted octanol–water partition coefficient (Wildman–Crippen LogP) is 3.22. The summed E-state index contributed by atoms with van der Waals surface area (Å²) in [6, 6.07) is 10.9. The van der Waals surface area contributed by atoms with E-state index < -0.39 is 0 Å². The van der Waals surface area contributed by atoms with Crippen molar-refractivity contribution in [3.8, 4) is 0 Å². The van der Waals surface area contributed by atoms with E-state index >= 15 is 0 Å². The highest BCUT2D eigenvalue weighted by Crippen LogP contribution is 2.28. The zero-order valence-corrected chi connectivity index (χ0v) is 17.1. The molecule has 0 aliphatic heterocycles. The highest BCUT2D eigenvalue weighted by atomic mass is 16.2. The monoisotopic (exact) mass is 368 g/mol. The Labute approximate surface area is 163 Å². The molecule has 1 aromatic carbocycles. The Morgan fingerprint density at radius 1 is 1.22 bits per heavy atom. The van der Waals surface area contributed by atoms with Gasteiger partial charge in [0.2, 0.25) is 0 Å². The fourth-order valence-electron chi connectivity index (χ4n) is 3.91. The van der Waals surface area contributed by atoms with E-state index in [-0.39, 0.29) is 5.91 Å². The number of hydrogen-bond acceptors (Lipinski definition) is 3. The van der Waals surface area contributed by atoms with Crippen molar-refractivity contribution in [2.45, 2.75) is 51.6 Å². The summed E-state index contributed by atoms with van der Waals surface area (Å²) in [4.78, 5) is 16.9. The van der Waals surface area contributed by atoms with Crippen molar-refractivity contribution >= 4 is 5.91 Å². The van der Waals surface area contributed by atoms with Gasteiger partial charge < -0.3 is 9.80 Å². The van der Waals surface area contributed by atoms with Crippen LogP contribution in [0.25, 0.3) is 0 Å². The Morgan fingerprint density at radius 3 is 2.63 bits per heavy atom. The maximum Gasteiger partial charge on any atom is 0.274 e. The molecule has 1 aromatic heterocycles. The molecule has 146 valence electrons. The van der Waals surface area contributed by atoms with E-state index in [9.17, 15) is 4.79 Å². The quantitative estimate of drug-likeness (QED) is 0.753. The first kappa shape index (κ1) is 19.6. The molecule has 0 fully saturated rings. The molecule has 0 unspecified atom stereocenters. The first-order valence-electron chi connectivity index (χ1n) is 10.1. The number of likely N-dealkylation sites (N-methyl/N-ethyl adjacent to an activating group) is 1. The van der Waals surface area contributed by atoms with Gasteiger partial charge in [-0.25, -0.2) is 0 Å². The molecule has 0 saturated heterocycles. The van der Waals surface area contributed by atoms with Crippen LogP contribution in [0.4, 0.5) is 0 Å². The van der Waals surface area contributed by atoms with Crippen LogP contribution in [0.15, 0.2) is 30.3 Å². The summed E-state index contributed by atoms with van der Waals surface area (Å²) in [5.41, 5.74) is 4.25. The van der Waals surface area contributed by atoms with Crippen LogP contribution in [0.1, 0.15) is 53.5 Å². The van der Waals surface area contributed by atoms with Gasteiger partial charge in [0.1, 0.15) is 0 Å². The molecule has 5 nitrogen and oxygen atoms in total. The number of benzene rings is 1. The smallest absolute Gasteiger partial charge is 0.274 e. The van der Waals surface area contributed by atoms with Gasteiger partial charge in [0.05, 0.1) is 6.54 Å². The number of aromatic nitrogens is 2. The van der Waals surface area contributed by atoms with E-state index in [0.29, 0.717) is 11.7 Å². The van der Waals surface area contributed by atoms with E-state index in [2.05, 4.69) is 47.8 Å². The first-order valence-corrected chi connectivity index (χ1v) is 10.1. The van der Waals surface area contributed by atoms with Gasteiger partial charge in [0.25, 0.3) is 5.91 Å². The van der Waals surface area contributed by atoms with Crippen molar-refractivity contribution in [2.75, 3.05) is 27.7 Å². The largest absolute Gasteiger partial charge is 0.343 e. The minimum atomic E-state index is 0.00919. The van der Waals surface area contributed by atoms with Crippen LogP contribution in [-0.4, -0.2) is 59.2 Å². The molecule has 5 heteroatoms. The highest BCUT2D eigenvalue weighted by molar-refractivity contribution is 5.93. The van der Waals surface area contributed by atoms with Crippen LogP contribution in [0.2, 0.25) is 0 Å². The summed E-state index contributed by atoms with van der Waals surface area (Å²) in [6.45, 7) is 4.07. The van der Waals surface area contributed by atoms with Gasteiger partial charge in [-0.1, -0.05) is 43.7 Å². The van der Waals surface area contributed by atoms with E-state index in [1.54, 1.807) is 19.0 Å². The molecule has 0 N–H and O–H groups in total. The lowest BCUT2D eigenvalue weighted by atomic mass is 9.90. The molecule has 0 spiro atoms. The number of nitrogens with zero attached hydrogens (tertiary/aromatic N) is 4. The van der Waals surface area contributed by atoms with Crippen molar-refractivity contribution in [2.24, 2.45) is 0 Å². The standard InChI is InChI=1S/C22H32N4O/c1-5-6-14-25(4)18-12-13-20-19(15-18)21(22(27)24(2)3)23-26(20)16-17-10-8-7-9-11-17/h7-11,18H,5-6,12-16H2,1-4H3/t18-/m0/s1. The highest BCUT2D eigenvalue weighted by Gasteiger charge is 2.31. The minimum Gasteiger partial charge on any atom is -0.343 e. The maximum absolute atomic E-state index is 12.8. The molecule has 1 amide bonds. The zero-order chi connectivity index (χ0) is 19.4. The number of amides is 1. The third-order valence-electron chi connectivity index (χ3n) is 5.59. The van der Waals surface area contributed by atoms with Crippen LogP contribution in [-0.2, 0) is 19.4 Å². The molecule has 1 aliphatic rings. The van der Waals surface area contributed by atoms with Crippen LogP contribution >= 0.6 is 0 Å².